The number of aryl methyl sites for hydroxylation is 1. The van der Waals surface area contributed by atoms with Gasteiger partial charge in [-0.25, -0.2) is 0 Å². The van der Waals surface area contributed by atoms with Crippen LogP contribution in [0, 0.1) is 6.92 Å². The maximum atomic E-state index is 11.8. The maximum Gasteiger partial charge on any atom is 0.250 e. The van der Waals surface area contributed by atoms with Crippen LogP contribution in [0.3, 0.4) is 0 Å². The number of amides is 1. The molecular formula is C13H19ClN2O2. The van der Waals surface area contributed by atoms with Crippen LogP contribution in [-0.4, -0.2) is 31.7 Å². The molecule has 5 heteroatoms. The first kappa shape index (κ1) is 15.0. The van der Waals surface area contributed by atoms with Gasteiger partial charge in [0.1, 0.15) is 6.10 Å². The van der Waals surface area contributed by atoms with Crippen molar-refractivity contribution in [3.8, 4) is 0 Å². The number of carbonyl (C=O) groups is 1. The van der Waals surface area contributed by atoms with Gasteiger partial charge in [-0.05, 0) is 18.1 Å². The number of benzene rings is 1. The Morgan fingerprint density at radius 1 is 1.50 bits per heavy atom. The molecule has 1 unspecified atom stereocenters. The summed E-state index contributed by atoms with van der Waals surface area (Å²) < 4.78 is 5.38. The summed E-state index contributed by atoms with van der Waals surface area (Å²) >= 11 is 0. The maximum absolute atomic E-state index is 11.8. The second-order valence-corrected chi connectivity index (χ2v) is 4.21. The zero-order valence-electron chi connectivity index (χ0n) is 10.4. The van der Waals surface area contributed by atoms with Gasteiger partial charge >= 0.3 is 0 Å². The molecule has 0 saturated carbocycles. The summed E-state index contributed by atoms with van der Waals surface area (Å²) in [6.45, 7) is 4.62. The number of ether oxygens (including phenoxy) is 1. The van der Waals surface area contributed by atoms with Crippen LogP contribution < -0.4 is 10.6 Å². The van der Waals surface area contributed by atoms with Gasteiger partial charge in [0.15, 0.2) is 0 Å². The standard InChI is InChI=1S/C13H18N2O2.ClH/c1-10-4-2-3-5-11(10)8-15-13(16)12-9-14-6-7-17-12;/h2-5,12,14H,6-9H2,1H3,(H,15,16);1H. The lowest BCUT2D eigenvalue weighted by atomic mass is 10.1. The van der Waals surface area contributed by atoms with Crippen LogP contribution >= 0.6 is 12.4 Å². The number of hydrogen-bond acceptors (Lipinski definition) is 3. The average molecular weight is 271 g/mol. The zero-order valence-corrected chi connectivity index (χ0v) is 11.3. The summed E-state index contributed by atoms with van der Waals surface area (Å²) in [5.74, 6) is -0.0412. The van der Waals surface area contributed by atoms with Gasteiger partial charge in [0.2, 0.25) is 0 Å². The van der Waals surface area contributed by atoms with E-state index < -0.39 is 0 Å². The number of hydrogen-bond donors (Lipinski definition) is 2. The Kier molecular flexibility index (Phi) is 6.12. The van der Waals surface area contributed by atoms with Gasteiger partial charge in [0.05, 0.1) is 6.61 Å². The Hall–Kier alpha value is -1.10. The lowest BCUT2D eigenvalue weighted by Crippen LogP contribution is -2.47. The van der Waals surface area contributed by atoms with Gasteiger partial charge in [0, 0.05) is 19.6 Å². The van der Waals surface area contributed by atoms with Crippen molar-refractivity contribution in [1.29, 1.82) is 0 Å². The molecule has 1 atom stereocenters. The number of morpholine rings is 1. The molecule has 0 aromatic heterocycles. The van der Waals surface area contributed by atoms with Crippen molar-refractivity contribution in [2.45, 2.75) is 19.6 Å². The molecule has 0 spiro atoms. The molecule has 1 heterocycles. The molecule has 1 fully saturated rings. The van der Waals surface area contributed by atoms with Crippen LogP contribution in [0.4, 0.5) is 0 Å². The van der Waals surface area contributed by atoms with Crippen LogP contribution in [0.5, 0.6) is 0 Å². The largest absolute Gasteiger partial charge is 0.366 e. The van der Waals surface area contributed by atoms with E-state index in [0.29, 0.717) is 19.7 Å². The van der Waals surface area contributed by atoms with Crippen molar-refractivity contribution in [2.75, 3.05) is 19.7 Å². The Morgan fingerprint density at radius 2 is 2.28 bits per heavy atom. The monoisotopic (exact) mass is 270 g/mol. The van der Waals surface area contributed by atoms with E-state index in [2.05, 4.69) is 10.6 Å². The Morgan fingerprint density at radius 3 is 2.94 bits per heavy atom. The first-order valence-electron chi connectivity index (χ1n) is 5.92. The minimum atomic E-state index is -0.354. The van der Waals surface area contributed by atoms with Gasteiger partial charge in [0.25, 0.3) is 5.91 Å². The minimum absolute atomic E-state index is 0. The summed E-state index contributed by atoms with van der Waals surface area (Å²) in [6.07, 6.45) is -0.354. The van der Waals surface area contributed by atoms with E-state index in [1.165, 1.54) is 5.56 Å². The van der Waals surface area contributed by atoms with Crippen molar-refractivity contribution in [3.63, 3.8) is 0 Å². The summed E-state index contributed by atoms with van der Waals surface area (Å²) in [5.41, 5.74) is 2.33. The Balaban J connectivity index is 0.00000162. The third-order valence-electron chi connectivity index (χ3n) is 2.93. The van der Waals surface area contributed by atoms with Gasteiger partial charge in [-0.15, -0.1) is 12.4 Å². The molecule has 1 aromatic carbocycles. The molecule has 1 aliphatic rings. The molecule has 0 radical (unpaired) electrons. The zero-order chi connectivity index (χ0) is 12.1. The van der Waals surface area contributed by atoms with Crippen LogP contribution in [0.1, 0.15) is 11.1 Å². The first-order valence-corrected chi connectivity index (χ1v) is 5.92. The van der Waals surface area contributed by atoms with E-state index in [-0.39, 0.29) is 24.4 Å². The molecule has 2 N–H and O–H groups in total. The molecule has 1 amide bonds. The molecule has 1 aromatic rings. The highest BCUT2D eigenvalue weighted by atomic mass is 35.5. The SMILES string of the molecule is Cc1ccccc1CNC(=O)C1CNCCO1.Cl. The van der Waals surface area contributed by atoms with E-state index in [1.54, 1.807) is 0 Å². The lowest BCUT2D eigenvalue weighted by Gasteiger charge is -2.22. The van der Waals surface area contributed by atoms with E-state index >= 15 is 0 Å². The Bertz CT molecular complexity index is 392. The van der Waals surface area contributed by atoms with Crippen molar-refractivity contribution in [3.05, 3.63) is 35.4 Å². The highest BCUT2D eigenvalue weighted by molar-refractivity contribution is 5.85. The molecule has 2 rings (SSSR count). The van der Waals surface area contributed by atoms with Crippen molar-refractivity contribution in [1.82, 2.24) is 10.6 Å². The summed E-state index contributed by atoms with van der Waals surface area (Å²) in [7, 11) is 0. The van der Waals surface area contributed by atoms with Crippen LogP contribution in [-0.2, 0) is 16.1 Å². The van der Waals surface area contributed by atoms with Crippen LogP contribution in [0.15, 0.2) is 24.3 Å². The van der Waals surface area contributed by atoms with Crippen molar-refractivity contribution < 1.29 is 9.53 Å². The number of carbonyl (C=O) groups excluding carboxylic acids is 1. The highest BCUT2D eigenvalue weighted by Crippen LogP contribution is 2.06. The second kappa shape index (κ2) is 7.36. The molecule has 0 bridgehead atoms. The summed E-state index contributed by atoms with van der Waals surface area (Å²) in [4.78, 5) is 11.8. The summed E-state index contributed by atoms with van der Waals surface area (Å²) in [5, 5.41) is 6.05. The van der Waals surface area contributed by atoms with Gasteiger partial charge < -0.3 is 15.4 Å². The quantitative estimate of drug-likeness (QED) is 0.862. The number of rotatable bonds is 3. The van der Waals surface area contributed by atoms with Crippen molar-refractivity contribution in [2.24, 2.45) is 0 Å². The fourth-order valence-electron chi connectivity index (χ4n) is 1.84. The van der Waals surface area contributed by atoms with Crippen LogP contribution in [0.25, 0.3) is 0 Å². The fraction of sp³-hybridized carbons (Fsp3) is 0.462. The van der Waals surface area contributed by atoms with Gasteiger partial charge in [-0.2, -0.15) is 0 Å². The van der Waals surface area contributed by atoms with Gasteiger partial charge in [-0.1, -0.05) is 24.3 Å². The van der Waals surface area contributed by atoms with E-state index in [1.807, 2.05) is 31.2 Å². The molecule has 0 aliphatic carbocycles. The van der Waals surface area contributed by atoms with E-state index in [0.717, 1.165) is 12.1 Å². The van der Waals surface area contributed by atoms with E-state index in [9.17, 15) is 4.79 Å². The normalized spacial score (nSPS) is 18.8. The third kappa shape index (κ3) is 3.98. The number of nitrogens with one attached hydrogen (secondary N) is 2. The molecular weight excluding hydrogens is 252 g/mol. The minimum Gasteiger partial charge on any atom is -0.366 e. The number of halogens is 1. The van der Waals surface area contributed by atoms with Crippen LogP contribution in [0.2, 0.25) is 0 Å². The third-order valence-corrected chi connectivity index (χ3v) is 2.93. The fourth-order valence-corrected chi connectivity index (χ4v) is 1.84. The molecule has 100 valence electrons. The average Bonchev–Trinajstić information content (AvgIpc) is 2.38. The summed E-state index contributed by atoms with van der Waals surface area (Å²) in [6, 6.07) is 8.04. The van der Waals surface area contributed by atoms with Crippen molar-refractivity contribution >= 4 is 18.3 Å². The van der Waals surface area contributed by atoms with Gasteiger partial charge in [-0.3, -0.25) is 4.79 Å². The highest BCUT2D eigenvalue weighted by Gasteiger charge is 2.21. The topological polar surface area (TPSA) is 50.4 Å². The molecule has 18 heavy (non-hydrogen) atoms. The first-order chi connectivity index (χ1) is 8.27. The lowest BCUT2D eigenvalue weighted by molar-refractivity contribution is -0.134. The molecule has 1 aliphatic heterocycles. The predicted molar refractivity (Wildman–Crippen MR) is 72.9 cm³/mol. The molecule has 1 saturated heterocycles. The van der Waals surface area contributed by atoms with E-state index in [4.69, 9.17) is 4.74 Å². The smallest absolute Gasteiger partial charge is 0.250 e. The predicted octanol–water partition coefficient (Wildman–Crippen LogP) is 1.02. The molecule has 4 nitrogen and oxygen atoms in total. The Labute approximate surface area is 114 Å². The second-order valence-electron chi connectivity index (χ2n) is 4.21.